The van der Waals surface area contributed by atoms with Crippen LogP contribution in [-0.4, -0.2) is 30.1 Å². The van der Waals surface area contributed by atoms with Gasteiger partial charge < -0.3 is 5.73 Å². The zero-order valence-electron chi connectivity index (χ0n) is 10.8. The molecule has 0 aromatic heterocycles. The molecule has 2 N–H and O–H groups in total. The second kappa shape index (κ2) is 5.86. The minimum absolute atomic E-state index is 0.363. The van der Waals surface area contributed by atoms with Crippen LogP contribution in [0.15, 0.2) is 0 Å². The van der Waals surface area contributed by atoms with Crippen LogP contribution in [0.2, 0.25) is 0 Å². The molecular weight excluding hydrogens is 184 g/mol. The lowest BCUT2D eigenvalue weighted by molar-refractivity contribution is 0.0848. The van der Waals surface area contributed by atoms with E-state index in [2.05, 4.69) is 25.7 Å². The molecule has 0 atom stereocenters. The highest BCUT2D eigenvalue weighted by atomic mass is 15.2. The smallest absolute Gasteiger partial charge is 0.0125 e. The first kappa shape index (κ1) is 13.0. The third-order valence-electron chi connectivity index (χ3n) is 3.63. The second-order valence-electron chi connectivity index (χ2n) is 5.89. The molecular formula is C13H28N2. The van der Waals surface area contributed by atoms with E-state index >= 15 is 0 Å². The summed E-state index contributed by atoms with van der Waals surface area (Å²) >= 11 is 0. The van der Waals surface area contributed by atoms with E-state index in [1.54, 1.807) is 0 Å². The van der Waals surface area contributed by atoms with Crippen LogP contribution in [0.1, 0.15) is 52.9 Å². The maximum absolute atomic E-state index is 5.52. The van der Waals surface area contributed by atoms with Gasteiger partial charge in [0.05, 0.1) is 0 Å². The van der Waals surface area contributed by atoms with Crippen molar-refractivity contribution in [1.82, 2.24) is 4.90 Å². The summed E-state index contributed by atoms with van der Waals surface area (Å²) in [6.07, 6.45) is 6.72. The van der Waals surface area contributed by atoms with Crippen LogP contribution < -0.4 is 5.73 Å². The van der Waals surface area contributed by atoms with E-state index in [1.807, 2.05) is 0 Å². The summed E-state index contributed by atoms with van der Waals surface area (Å²) in [5, 5.41) is 0. The van der Waals surface area contributed by atoms with E-state index in [0.717, 1.165) is 12.5 Å². The molecule has 1 heterocycles. The fraction of sp³-hybridized carbons (Fsp3) is 1.00. The predicted octanol–water partition coefficient (Wildman–Crippen LogP) is 2.63. The number of unbranched alkanes of at least 4 members (excludes halogenated alkanes) is 1. The van der Waals surface area contributed by atoms with Gasteiger partial charge in [-0.15, -0.1) is 0 Å². The average Bonchev–Trinajstić information content (AvgIpc) is 2.18. The molecule has 0 aromatic carbocycles. The van der Waals surface area contributed by atoms with Gasteiger partial charge in [-0.25, -0.2) is 0 Å². The molecule has 0 amide bonds. The lowest BCUT2D eigenvalue weighted by atomic mass is 9.89. The standard InChI is InChI=1S/C13H28N2/c1-13(2,3)15-10-7-12(8-11-15)6-4-5-9-14/h12H,4-11,14H2,1-3H3. The van der Waals surface area contributed by atoms with E-state index in [4.69, 9.17) is 5.73 Å². The molecule has 1 fully saturated rings. The Morgan fingerprint density at radius 3 is 2.20 bits per heavy atom. The number of rotatable bonds is 4. The lowest BCUT2D eigenvalue weighted by Crippen LogP contribution is -2.46. The maximum atomic E-state index is 5.52. The normalized spacial score (nSPS) is 20.8. The molecule has 0 saturated carbocycles. The molecule has 1 aliphatic rings. The summed E-state index contributed by atoms with van der Waals surface area (Å²) in [5.41, 5.74) is 5.88. The van der Waals surface area contributed by atoms with Crippen LogP contribution in [0, 0.1) is 5.92 Å². The van der Waals surface area contributed by atoms with E-state index in [-0.39, 0.29) is 0 Å². The highest BCUT2D eigenvalue weighted by Gasteiger charge is 2.26. The quantitative estimate of drug-likeness (QED) is 0.726. The number of nitrogens with two attached hydrogens (primary N) is 1. The van der Waals surface area contributed by atoms with Crippen LogP contribution in [0.3, 0.4) is 0 Å². The second-order valence-corrected chi connectivity index (χ2v) is 5.89. The van der Waals surface area contributed by atoms with Gasteiger partial charge in [-0.1, -0.05) is 12.8 Å². The fourth-order valence-electron chi connectivity index (χ4n) is 2.47. The third-order valence-corrected chi connectivity index (χ3v) is 3.63. The predicted molar refractivity (Wildman–Crippen MR) is 67.0 cm³/mol. The van der Waals surface area contributed by atoms with E-state index in [1.165, 1.54) is 45.2 Å². The van der Waals surface area contributed by atoms with Crippen LogP contribution >= 0.6 is 0 Å². The Kier molecular flexibility index (Phi) is 5.07. The van der Waals surface area contributed by atoms with Gasteiger partial charge in [0.25, 0.3) is 0 Å². The Balaban J connectivity index is 2.18. The Morgan fingerprint density at radius 2 is 1.73 bits per heavy atom. The zero-order valence-corrected chi connectivity index (χ0v) is 10.8. The number of piperidine rings is 1. The summed E-state index contributed by atoms with van der Waals surface area (Å²) < 4.78 is 0. The van der Waals surface area contributed by atoms with Gasteiger partial charge in [0.15, 0.2) is 0 Å². The van der Waals surface area contributed by atoms with Crippen molar-refractivity contribution in [3.05, 3.63) is 0 Å². The molecule has 2 nitrogen and oxygen atoms in total. The van der Waals surface area contributed by atoms with Gasteiger partial charge in [-0.3, -0.25) is 4.90 Å². The number of hydrogen-bond donors (Lipinski definition) is 1. The van der Waals surface area contributed by atoms with Gasteiger partial charge >= 0.3 is 0 Å². The Labute approximate surface area is 95.2 Å². The van der Waals surface area contributed by atoms with Gasteiger partial charge in [0.1, 0.15) is 0 Å². The maximum Gasteiger partial charge on any atom is 0.0125 e. The monoisotopic (exact) mass is 212 g/mol. The largest absolute Gasteiger partial charge is 0.330 e. The molecule has 1 rings (SSSR count). The Bertz CT molecular complexity index is 164. The number of nitrogens with zero attached hydrogens (tertiary/aromatic N) is 1. The van der Waals surface area contributed by atoms with Crippen molar-refractivity contribution < 1.29 is 0 Å². The van der Waals surface area contributed by atoms with Crippen molar-refractivity contribution in [3.63, 3.8) is 0 Å². The van der Waals surface area contributed by atoms with Crippen molar-refractivity contribution in [2.75, 3.05) is 19.6 Å². The fourth-order valence-corrected chi connectivity index (χ4v) is 2.47. The molecule has 1 saturated heterocycles. The van der Waals surface area contributed by atoms with Gasteiger partial charge in [0.2, 0.25) is 0 Å². The first-order valence-corrected chi connectivity index (χ1v) is 6.49. The summed E-state index contributed by atoms with van der Waals surface area (Å²) in [4.78, 5) is 2.62. The van der Waals surface area contributed by atoms with E-state index in [9.17, 15) is 0 Å². The van der Waals surface area contributed by atoms with Crippen LogP contribution in [0.4, 0.5) is 0 Å². The van der Waals surface area contributed by atoms with E-state index in [0.29, 0.717) is 5.54 Å². The molecule has 15 heavy (non-hydrogen) atoms. The lowest BCUT2D eigenvalue weighted by Gasteiger charge is -2.41. The summed E-state index contributed by atoms with van der Waals surface area (Å²) in [6, 6.07) is 0. The van der Waals surface area contributed by atoms with E-state index < -0.39 is 0 Å². The molecule has 0 aromatic rings. The zero-order chi connectivity index (χ0) is 11.3. The first-order valence-electron chi connectivity index (χ1n) is 6.49. The van der Waals surface area contributed by atoms with Crippen molar-refractivity contribution in [3.8, 4) is 0 Å². The van der Waals surface area contributed by atoms with Crippen molar-refractivity contribution in [2.24, 2.45) is 11.7 Å². The third kappa shape index (κ3) is 4.52. The summed E-state index contributed by atoms with van der Waals surface area (Å²) in [5.74, 6) is 0.968. The number of likely N-dealkylation sites (tertiary alicyclic amines) is 1. The van der Waals surface area contributed by atoms with Crippen LogP contribution in [-0.2, 0) is 0 Å². The molecule has 0 bridgehead atoms. The topological polar surface area (TPSA) is 29.3 Å². The molecule has 1 aliphatic heterocycles. The summed E-state index contributed by atoms with van der Waals surface area (Å²) in [6.45, 7) is 10.4. The highest BCUT2D eigenvalue weighted by Crippen LogP contribution is 2.26. The van der Waals surface area contributed by atoms with Gasteiger partial charge in [0, 0.05) is 5.54 Å². The molecule has 0 aliphatic carbocycles. The van der Waals surface area contributed by atoms with Gasteiger partial charge in [-0.2, -0.15) is 0 Å². The average molecular weight is 212 g/mol. The minimum Gasteiger partial charge on any atom is -0.330 e. The molecule has 90 valence electrons. The Hall–Kier alpha value is -0.0800. The van der Waals surface area contributed by atoms with Gasteiger partial charge in [-0.05, 0) is 65.6 Å². The molecule has 0 spiro atoms. The minimum atomic E-state index is 0.363. The Morgan fingerprint density at radius 1 is 1.13 bits per heavy atom. The first-order chi connectivity index (χ1) is 7.04. The van der Waals surface area contributed by atoms with Crippen molar-refractivity contribution in [2.45, 2.75) is 58.4 Å². The number of hydrogen-bond acceptors (Lipinski definition) is 2. The van der Waals surface area contributed by atoms with Crippen molar-refractivity contribution >= 4 is 0 Å². The van der Waals surface area contributed by atoms with Crippen LogP contribution in [0.5, 0.6) is 0 Å². The molecule has 0 radical (unpaired) electrons. The summed E-state index contributed by atoms with van der Waals surface area (Å²) in [7, 11) is 0. The van der Waals surface area contributed by atoms with Crippen molar-refractivity contribution in [1.29, 1.82) is 0 Å². The molecule has 2 heteroatoms. The molecule has 0 unspecified atom stereocenters. The highest BCUT2D eigenvalue weighted by molar-refractivity contribution is 4.81. The SMILES string of the molecule is CC(C)(C)N1CCC(CCCCN)CC1. The van der Waals surface area contributed by atoms with Crippen LogP contribution in [0.25, 0.3) is 0 Å².